The monoisotopic (exact) mass is 600 g/mol. The number of fused-ring (bicyclic) bond motifs is 6. The van der Waals surface area contributed by atoms with Gasteiger partial charge in [-0.15, -0.1) is 0 Å². The Morgan fingerprint density at radius 3 is 0.773 bits per heavy atom. The lowest BCUT2D eigenvalue weighted by atomic mass is 10.2. The summed E-state index contributed by atoms with van der Waals surface area (Å²) in [5.41, 5.74) is -0.609. The van der Waals surface area contributed by atoms with Crippen molar-refractivity contribution in [1.82, 2.24) is 18.3 Å². The van der Waals surface area contributed by atoms with Crippen LogP contribution in [0.3, 0.4) is 0 Å². The number of rotatable bonds is 4. The molecule has 0 aliphatic heterocycles. The van der Waals surface area contributed by atoms with Gasteiger partial charge in [0.15, 0.2) is 0 Å². The van der Waals surface area contributed by atoms with Gasteiger partial charge >= 0.3 is 0 Å². The third-order valence-corrected chi connectivity index (χ3v) is 7.58. The standard InChI is InChI=1S/C28H24N8O8/c1-29-17-9-5-6-10-18(17)30(2)23-14-24(28(36(43)44)16-27(23)35(41)42)32(4)20-12-8-7-11-19(20)31(3)22-13-21(29)25(33(37)38)15-26(22)34(39)40/h5-16H,1-4H3. The van der Waals surface area contributed by atoms with Gasteiger partial charge in [-0.2, -0.15) is 0 Å². The second-order valence-electron chi connectivity index (χ2n) is 9.90. The van der Waals surface area contributed by atoms with Gasteiger partial charge in [-0.3, -0.25) is 40.5 Å². The maximum Gasteiger partial charge on any atom is 0.299 e. The molecule has 16 nitrogen and oxygen atoms in total. The molecular formula is C28H24N8O8. The zero-order valence-electron chi connectivity index (χ0n) is 23.8. The number of benzene rings is 4. The highest BCUT2D eigenvalue weighted by atomic mass is 16.6. The molecule has 0 unspecified atom stereocenters. The van der Waals surface area contributed by atoms with Crippen molar-refractivity contribution in [2.75, 3.05) is 0 Å². The fraction of sp³-hybridized carbons (Fsp3) is 0.143. The molecule has 5 aromatic rings. The van der Waals surface area contributed by atoms with Crippen LogP contribution in [0.15, 0.2) is 72.8 Å². The summed E-state index contributed by atoms with van der Waals surface area (Å²) < 4.78 is 5.86. The number of hydrogen-bond donors (Lipinski definition) is 0. The first-order valence-corrected chi connectivity index (χ1v) is 12.9. The highest BCUT2D eigenvalue weighted by molar-refractivity contribution is 5.90. The smallest absolute Gasteiger partial charge is 0.299 e. The van der Waals surface area contributed by atoms with E-state index in [0.29, 0.717) is 22.1 Å². The van der Waals surface area contributed by atoms with Gasteiger partial charge in [-0.25, -0.2) is 0 Å². The number of nitrogens with zero attached hydrogens (tertiary/aromatic N) is 8. The highest BCUT2D eigenvalue weighted by Crippen LogP contribution is 2.34. The molecule has 0 amide bonds. The van der Waals surface area contributed by atoms with E-state index in [4.69, 9.17) is 0 Å². The van der Waals surface area contributed by atoms with E-state index in [1.807, 2.05) is 0 Å². The lowest BCUT2D eigenvalue weighted by Crippen LogP contribution is -2.06. The van der Waals surface area contributed by atoms with Crippen molar-refractivity contribution in [2.24, 2.45) is 28.2 Å². The third kappa shape index (κ3) is 4.69. The van der Waals surface area contributed by atoms with Crippen LogP contribution in [0.2, 0.25) is 0 Å². The summed E-state index contributed by atoms with van der Waals surface area (Å²) in [7, 11) is 6.14. The molecule has 0 fully saturated rings. The Labute approximate surface area is 246 Å². The predicted octanol–water partition coefficient (Wildman–Crippen LogP) is 6.10. The van der Waals surface area contributed by atoms with E-state index >= 15 is 0 Å². The number of non-ortho nitro benzene ring substituents is 4. The average Bonchev–Trinajstić information content (AvgIpc) is 3.01. The molecule has 16 heteroatoms. The minimum atomic E-state index is -0.715. The fourth-order valence-corrected chi connectivity index (χ4v) is 5.35. The molecule has 4 bridgehead atoms. The minimum Gasteiger partial charge on any atom is -0.337 e. The number of aryl methyl sites for hydroxylation is 4. The Bertz CT molecular complexity index is 1950. The van der Waals surface area contributed by atoms with Crippen molar-refractivity contribution in [2.45, 2.75) is 0 Å². The second-order valence-corrected chi connectivity index (χ2v) is 9.90. The summed E-state index contributed by atoms with van der Waals surface area (Å²) >= 11 is 0. The van der Waals surface area contributed by atoms with Crippen LogP contribution in [0, 0.1) is 40.5 Å². The molecule has 0 spiro atoms. The van der Waals surface area contributed by atoms with E-state index in [1.165, 1.54) is 58.6 Å². The van der Waals surface area contributed by atoms with Crippen LogP contribution < -0.4 is 0 Å². The molecular weight excluding hydrogens is 576 g/mol. The van der Waals surface area contributed by atoms with Gasteiger partial charge in [0.2, 0.25) is 0 Å². The highest BCUT2D eigenvalue weighted by Gasteiger charge is 2.25. The zero-order chi connectivity index (χ0) is 32.0. The molecule has 0 N–H and O–H groups in total. The molecule has 0 radical (unpaired) electrons. The Balaban J connectivity index is 2.31. The Morgan fingerprint density at radius 2 is 0.591 bits per heavy atom. The van der Waals surface area contributed by atoms with Crippen LogP contribution in [0.5, 0.6) is 0 Å². The molecule has 224 valence electrons. The van der Waals surface area contributed by atoms with Gasteiger partial charge in [0, 0.05) is 28.2 Å². The predicted molar refractivity (Wildman–Crippen MR) is 163 cm³/mol. The fourth-order valence-electron chi connectivity index (χ4n) is 5.35. The van der Waals surface area contributed by atoms with Gasteiger partial charge < -0.3 is 18.3 Å². The van der Waals surface area contributed by atoms with Crippen molar-refractivity contribution in [3.05, 3.63) is 113 Å². The summed E-state index contributed by atoms with van der Waals surface area (Å²) in [5, 5.41) is 48.9. The molecule has 1 aromatic heterocycles. The Hall–Kier alpha value is -6.32. The molecule has 5 rings (SSSR count). The number of nitro benzene ring substituents is 4. The van der Waals surface area contributed by atoms with Crippen LogP contribution >= 0.6 is 0 Å². The summed E-state index contributed by atoms with van der Waals surface area (Å²) in [5.74, 6) is 0. The molecule has 0 aliphatic rings. The van der Waals surface area contributed by atoms with Gasteiger partial charge in [-0.05, 0) is 36.4 Å². The maximum atomic E-state index is 12.2. The van der Waals surface area contributed by atoms with Crippen LogP contribution in [0.25, 0.3) is 44.1 Å². The van der Waals surface area contributed by atoms with Gasteiger partial charge in [-0.1, -0.05) is 24.3 Å². The molecule has 0 saturated heterocycles. The van der Waals surface area contributed by atoms with Gasteiger partial charge in [0.25, 0.3) is 22.7 Å². The summed E-state index contributed by atoms with van der Waals surface area (Å²) in [6.45, 7) is 0. The molecule has 0 saturated carbocycles. The lowest BCUT2D eigenvalue weighted by molar-refractivity contribution is -0.392. The maximum absolute atomic E-state index is 12.2. The molecule has 0 aliphatic carbocycles. The van der Waals surface area contributed by atoms with Crippen molar-refractivity contribution < 1.29 is 19.7 Å². The van der Waals surface area contributed by atoms with E-state index in [1.54, 1.807) is 48.5 Å². The average molecular weight is 601 g/mol. The van der Waals surface area contributed by atoms with Crippen LogP contribution in [0.4, 0.5) is 22.7 Å². The second kappa shape index (κ2) is 10.8. The van der Waals surface area contributed by atoms with Crippen molar-refractivity contribution in [1.29, 1.82) is 0 Å². The van der Waals surface area contributed by atoms with Crippen LogP contribution in [0.1, 0.15) is 0 Å². The topological polar surface area (TPSA) is 192 Å². The zero-order valence-corrected chi connectivity index (χ0v) is 23.8. The molecule has 4 aromatic carbocycles. The van der Waals surface area contributed by atoms with Gasteiger partial charge in [0.05, 0.1) is 53.9 Å². The summed E-state index contributed by atoms with van der Waals surface area (Å²) in [6.07, 6.45) is 0. The van der Waals surface area contributed by atoms with E-state index < -0.39 is 42.4 Å². The molecule has 0 atom stereocenters. The molecule has 44 heavy (non-hydrogen) atoms. The summed E-state index contributed by atoms with van der Waals surface area (Å²) in [6, 6.07) is 17.6. The van der Waals surface area contributed by atoms with E-state index in [-0.39, 0.29) is 22.1 Å². The largest absolute Gasteiger partial charge is 0.337 e. The molecule has 1 heterocycles. The number of hydrogen-bond acceptors (Lipinski definition) is 8. The number of nitro groups is 4. The normalized spacial score (nSPS) is 11.0. The Kier molecular flexibility index (Phi) is 7.18. The van der Waals surface area contributed by atoms with Crippen LogP contribution in [-0.2, 0) is 28.2 Å². The third-order valence-electron chi connectivity index (χ3n) is 7.58. The first kappa shape index (κ1) is 29.2. The quantitative estimate of drug-likeness (QED) is 0.174. The van der Waals surface area contributed by atoms with Crippen LogP contribution in [-0.4, -0.2) is 38.0 Å². The SMILES string of the molecule is Cn1c2cc(c([N+](=O)[O-])cc2[N+](=O)[O-])n(C)c2ccccc2n(C)c2cc(c([N+](=O)[O-])cc2[N+](=O)[O-])n(C)c2ccccc21. The lowest BCUT2D eigenvalue weighted by Gasteiger charge is -2.13. The van der Waals surface area contributed by atoms with Gasteiger partial charge in [0.1, 0.15) is 22.1 Å². The first-order valence-electron chi connectivity index (χ1n) is 12.9. The first-order chi connectivity index (χ1) is 20.8. The van der Waals surface area contributed by atoms with E-state index in [0.717, 1.165) is 12.1 Å². The minimum absolute atomic E-state index is 0.0186. The van der Waals surface area contributed by atoms with Crippen molar-refractivity contribution in [3.8, 4) is 0 Å². The Morgan fingerprint density at radius 1 is 0.386 bits per heavy atom. The van der Waals surface area contributed by atoms with E-state index in [2.05, 4.69) is 0 Å². The summed E-state index contributed by atoms with van der Waals surface area (Å²) in [4.78, 5) is 46.1. The van der Waals surface area contributed by atoms with Crippen molar-refractivity contribution in [3.63, 3.8) is 0 Å². The van der Waals surface area contributed by atoms with E-state index in [9.17, 15) is 40.5 Å². The van der Waals surface area contributed by atoms with Crippen molar-refractivity contribution >= 4 is 66.9 Å². The number of aromatic nitrogens is 4. The number of para-hydroxylation sites is 4.